The second-order valence-corrected chi connectivity index (χ2v) is 6.30. The molecular weight excluding hydrogens is 356 g/mol. The number of aromatic nitrogens is 3. The molecule has 2 rings (SSSR count). The number of pyridine rings is 1. The van der Waals surface area contributed by atoms with E-state index in [0.717, 1.165) is 6.08 Å². The first-order valence-electron chi connectivity index (χ1n) is 6.92. The molecule has 0 aromatic carbocycles. The van der Waals surface area contributed by atoms with Gasteiger partial charge in [-0.3, -0.25) is 14.3 Å². The van der Waals surface area contributed by atoms with E-state index in [1.807, 2.05) is 0 Å². The Morgan fingerprint density at radius 2 is 2.16 bits per heavy atom. The molecule has 4 N–H and O–H groups in total. The number of hydrogen-bond donors (Lipinski definition) is 4. The number of hydrogen-bond acceptors (Lipinski definition) is 6. The molecule has 0 aliphatic heterocycles. The quantitative estimate of drug-likeness (QED) is 0.424. The average molecular weight is 371 g/mol. The van der Waals surface area contributed by atoms with Gasteiger partial charge in [0.25, 0.3) is 0 Å². The van der Waals surface area contributed by atoms with Gasteiger partial charge in [-0.15, -0.1) is 0 Å². The van der Waals surface area contributed by atoms with Crippen LogP contribution in [0.3, 0.4) is 0 Å². The molecule has 2 heterocycles. The minimum Gasteiger partial charge on any atom is -0.505 e. The van der Waals surface area contributed by atoms with E-state index in [2.05, 4.69) is 19.5 Å². The van der Waals surface area contributed by atoms with Crippen molar-refractivity contribution in [1.29, 1.82) is 0 Å². The number of ketones is 1. The van der Waals surface area contributed by atoms with E-state index in [9.17, 15) is 18.9 Å². The van der Waals surface area contributed by atoms with Crippen molar-refractivity contribution in [3.8, 4) is 5.75 Å². The van der Waals surface area contributed by atoms with E-state index in [4.69, 9.17) is 9.79 Å². The molecule has 0 radical (unpaired) electrons. The monoisotopic (exact) mass is 371 g/mol. The number of rotatable bonds is 7. The molecule has 0 unspecified atom stereocenters. The maximum atomic E-state index is 14.2. The van der Waals surface area contributed by atoms with Crippen LogP contribution in [-0.4, -0.2) is 35.6 Å². The third-order valence-electron chi connectivity index (χ3n) is 3.19. The molecule has 0 fully saturated rings. The predicted molar refractivity (Wildman–Crippen MR) is 83.9 cm³/mol. The Labute approximate surface area is 141 Å². The van der Waals surface area contributed by atoms with Gasteiger partial charge in [0.1, 0.15) is 5.75 Å². The summed E-state index contributed by atoms with van der Waals surface area (Å²) in [6.45, 7) is 0.823. The number of H-pyrrole nitrogens is 1. The van der Waals surface area contributed by atoms with E-state index in [1.54, 1.807) is 0 Å². The summed E-state index contributed by atoms with van der Waals surface area (Å²) in [5, 5.41) is 10.0. The number of nitrogens with one attached hydrogen (secondary N) is 1. The number of carbonyl (C=O) groups is 1. The van der Waals surface area contributed by atoms with Crippen LogP contribution in [0.4, 0.5) is 4.39 Å². The van der Waals surface area contributed by atoms with Gasteiger partial charge < -0.3 is 19.9 Å². The van der Waals surface area contributed by atoms with Crippen LogP contribution in [0, 0.1) is 6.92 Å². The van der Waals surface area contributed by atoms with Crippen molar-refractivity contribution in [3.63, 3.8) is 0 Å². The summed E-state index contributed by atoms with van der Waals surface area (Å²) in [6, 6.07) is 0. The van der Waals surface area contributed by atoms with Crippen molar-refractivity contribution < 1.29 is 33.2 Å². The normalized spacial score (nSPS) is 12.4. The van der Waals surface area contributed by atoms with Gasteiger partial charge in [-0.1, -0.05) is 0 Å². The molecular formula is C14H15FN3O6P. The fourth-order valence-electron chi connectivity index (χ4n) is 1.93. The molecule has 2 aromatic rings. The largest absolute Gasteiger partial charge is 0.505 e. The van der Waals surface area contributed by atoms with Gasteiger partial charge >= 0.3 is 7.82 Å². The topological polar surface area (TPSA) is 146 Å². The van der Waals surface area contributed by atoms with Crippen LogP contribution >= 0.6 is 7.82 Å². The molecule has 0 amide bonds. The fraction of sp³-hybridized carbons (Fsp3) is 0.214. The Hall–Kier alpha value is -2.39. The highest BCUT2D eigenvalue weighted by Gasteiger charge is 2.19. The Bertz CT molecular complexity index is 847. The first-order valence-corrected chi connectivity index (χ1v) is 8.45. The average Bonchev–Trinajstić information content (AvgIpc) is 3.03. The van der Waals surface area contributed by atoms with Crippen LogP contribution in [-0.2, 0) is 26.9 Å². The third-order valence-corrected chi connectivity index (χ3v) is 3.65. The molecule has 0 bridgehead atoms. The van der Waals surface area contributed by atoms with Gasteiger partial charge in [-0.2, -0.15) is 0 Å². The maximum absolute atomic E-state index is 14.2. The van der Waals surface area contributed by atoms with Gasteiger partial charge in [-0.05, 0) is 13.0 Å². The Balaban J connectivity index is 2.30. The highest BCUT2D eigenvalue weighted by atomic mass is 31.2. The van der Waals surface area contributed by atoms with Crippen LogP contribution in [0.15, 0.2) is 24.5 Å². The summed E-state index contributed by atoms with van der Waals surface area (Å²) in [6.07, 6.45) is 4.41. The lowest BCUT2D eigenvalue weighted by molar-refractivity contribution is -0.116. The van der Waals surface area contributed by atoms with Crippen LogP contribution in [0.25, 0.3) is 6.08 Å². The molecule has 0 aliphatic carbocycles. The van der Waals surface area contributed by atoms with Crippen molar-refractivity contribution >= 4 is 19.7 Å². The number of Topliss-reactive ketones (excluding diaryl/α,β-unsaturated/α-hetero) is 1. The standard InChI is InChI=1S/C14H15FN3O6P/c1-8-14(20)11(9(4-17-8)6-24-25(21,22)23)3-12(15)13(19)2-10-5-16-7-18-10/h3-5,7,20H,2,6H2,1H3,(H,16,18)(H2,21,22,23)/b12-3-. The smallest absolute Gasteiger partial charge is 0.469 e. The van der Waals surface area contributed by atoms with E-state index in [1.165, 1.54) is 25.6 Å². The molecule has 0 aliphatic rings. The predicted octanol–water partition coefficient (Wildman–Crippen LogP) is 1.55. The van der Waals surface area contributed by atoms with Crippen LogP contribution in [0.5, 0.6) is 5.75 Å². The number of aromatic hydroxyl groups is 1. The zero-order valence-electron chi connectivity index (χ0n) is 13.0. The molecule has 0 spiro atoms. The molecule has 11 heteroatoms. The fourth-order valence-corrected chi connectivity index (χ4v) is 2.24. The number of allylic oxidation sites excluding steroid dienone is 1. The van der Waals surface area contributed by atoms with Crippen LogP contribution in [0.2, 0.25) is 0 Å². The van der Waals surface area contributed by atoms with Crippen molar-refractivity contribution in [3.05, 3.63) is 47.1 Å². The Kier molecular flexibility index (Phi) is 5.81. The molecule has 0 saturated carbocycles. The van der Waals surface area contributed by atoms with Crippen molar-refractivity contribution in [2.24, 2.45) is 0 Å². The number of imidazole rings is 1. The summed E-state index contributed by atoms with van der Waals surface area (Å²) in [5.74, 6) is -2.43. The molecule has 25 heavy (non-hydrogen) atoms. The molecule has 134 valence electrons. The van der Waals surface area contributed by atoms with Crippen LogP contribution < -0.4 is 0 Å². The SMILES string of the molecule is Cc1ncc(COP(=O)(O)O)c(/C=C(\F)C(=O)Cc2cnc[nH]2)c1O. The van der Waals surface area contributed by atoms with E-state index in [0.29, 0.717) is 5.69 Å². The zero-order valence-corrected chi connectivity index (χ0v) is 13.9. The van der Waals surface area contributed by atoms with Gasteiger partial charge in [-0.25, -0.2) is 13.9 Å². The highest BCUT2D eigenvalue weighted by molar-refractivity contribution is 7.46. The lowest BCUT2D eigenvalue weighted by Crippen LogP contribution is -2.04. The van der Waals surface area contributed by atoms with Crippen molar-refractivity contribution in [2.45, 2.75) is 20.0 Å². The summed E-state index contributed by atoms with van der Waals surface area (Å²) in [4.78, 5) is 39.6. The lowest BCUT2D eigenvalue weighted by atomic mass is 10.1. The van der Waals surface area contributed by atoms with Crippen molar-refractivity contribution in [2.75, 3.05) is 0 Å². The third kappa shape index (κ3) is 5.30. The summed E-state index contributed by atoms with van der Waals surface area (Å²) in [5.41, 5.74) is 0.432. The van der Waals surface area contributed by atoms with Crippen LogP contribution in [0.1, 0.15) is 22.5 Å². The number of aromatic amines is 1. The van der Waals surface area contributed by atoms with Gasteiger partial charge in [0.05, 0.1) is 25.0 Å². The summed E-state index contributed by atoms with van der Waals surface area (Å²) < 4.78 is 29.3. The number of phosphoric ester groups is 1. The number of phosphoric acid groups is 1. The van der Waals surface area contributed by atoms with E-state index in [-0.39, 0.29) is 23.2 Å². The zero-order chi connectivity index (χ0) is 18.6. The maximum Gasteiger partial charge on any atom is 0.469 e. The Morgan fingerprint density at radius 1 is 1.44 bits per heavy atom. The first kappa shape index (κ1) is 18.9. The van der Waals surface area contributed by atoms with E-state index < -0.39 is 31.8 Å². The van der Waals surface area contributed by atoms with Gasteiger partial charge in [0.15, 0.2) is 11.6 Å². The summed E-state index contributed by atoms with van der Waals surface area (Å²) in [7, 11) is -4.77. The van der Waals surface area contributed by atoms with Gasteiger partial charge in [0, 0.05) is 29.2 Å². The molecule has 0 atom stereocenters. The first-order chi connectivity index (χ1) is 11.7. The lowest BCUT2D eigenvalue weighted by Gasteiger charge is -2.11. The second kappa shape index (κ2) is 7.66. The molecule has 0 saturated heterocycles. The van der Waals surface area contributed by atoms with Gasteiger partial charge in [0.2, 0.25) is 0 Å². The Morgan fingerprint density at radius 3 is 2.76 bits per heavy atom. The highest BCUT2D eigenvalue weighted by Crippen LogP contribution is 2.38. The van der Waals surface area contributed by atoms with Crippen molar-refractivity contribution in [1.82, 2.24) is 15.0 Å². The summed E-state index contributed by atoms with van der Waals surface area (Å²) >= 11 is 0. The number of nitrogens with zero attached hydrogens (tertiary/aromatic N) is 2. The number of carbonyl (C=O) groups excluding carboxylic acids is 1. The second-order valence-electron chi connectivity index (χ2n) is 5.06. The van der Waals surface area contributed by atoms with E-state index >= 15 is 0 Å². The minimum atomic E-state index is -4.77. The number of halogens is 1. The number of aryl methyl sites for hydroxylation is 1. The minimum absolute atomic E-state index is 0.0101. The molecule has 2 aromatic heterocycles. The molecule has 9 nitrogen and oxygen atoms in total.